The first-order chi connectivity index (χ1) is 17.1. The quantitative estimate of drug-likeness (QED) is 0.270. The van der Waals surface area contributed by atoms with Gasteiger partial charge in [0.2, 0.25) is 0 Å². The van der Waals surface area contributed by atoms with Crippen molar-refractivity contribution in [3.05, 3.63) is 95.2 Å². The lowest BCUT2D eigenvalue weighted by Crippen LogP contribution is -2.35. The second-order valence-corrected chi connectivity index (χ2v) is 11.2. The average molecular weight is 478 g/mol. The van der Waals surface area contributed by atoms with Crippen molar-refractivity contribution in [2.24, 2.45) is 4.99 Å². The molecule has 4 rings (SSSR count). The van der Waals surface area contributed by atoms with Crippen molar-refractivity contribution in [3.8, 4) is 11.3 Å². The number of rotatable bonds is 7. The highest BCUT2D eigenvalue weighted by Gasteiger charge is 2.16. The highest BCUT2D eigenvalue weighted by atomic mass is 14.9. The van der Waals surface area contributed by atoms with Crippen LogP contribution in [0.4, 0.5) is 5.69 Å². The Labute approximate surface area is 216 Å². The first-order valence-electron chi connectivity index (χ1n) is 13.0. The van der Waals surface area contributed by atoms with Crippen molar-refractivity contribution < 1.29 is 0 Å². The van der Waals surface area contributed by atoms with Crippen molar-refractivity contribution >= 4 is 22.7 Å². The van der Waals surface area contributed by atoms with E-state index in [4.69, 9.17) is 9.98 Å². The van der Waals surface area contributed by atoms with E-state index >= 15 is 0 Å². The van der Waals surface area contributed by atoms with Gasteiger partial charge in [-0.25, -0.2) is 4.98 Å². The number of hydrogen-bond donors (Lipinski definition) is 1. The number of fused-ring (bicyclic) bond motifs is 1. The Morgan fingerprint density at radius 2 is 1.47 bits per heavy atom. The lowest BCUT2D eigenvalue weighted by atomic mass is 9.93. The summed E-state index contributed by atoms with van der Waals surface area (Å²) in [5, 5.41) is 6.10. The van der Waals surface area contributed by atoms with Crippen LogP contribution in [-0.4, -0.2) is 16.7 Å². The number of nitrogens with one attached hydrogen (secondary N) is 1. The van der Waals surface area contributed by atoms with Gasteiger partial charge in [0.05, 0.1) is 23.3 Å². The molecule has 36 heavy (non-hydrogen) atoms. The smallest absolute Gasteiger partial charge is 0.0820 e. The topological polar surface area (TPSA) is 37.3 Å². The summed E-state index contributed by atoms with van der Waals surface area (Å²) >= 11 is 0. The van der Waals surface area contributed by atoms with Gasteiger partial charge in [-0.3, -0.25) is 4.99 Å². The zero-order valence-corrected chi connectivity index (χ0v) is 22.8. The molecule has 0 saturated heterocycles. The zero-order valence-electron chi connectivity index (χ0n) is 22.8. The van der Waals surface area contributed by atoms with E-state index < -0.39 is 0 Å². The van der Waals surface area contributed by atoms with Crippen LogP contribution in [0.3, 0.4) is 0 Å². The second kappa shape index (κ2) is 10.8. The Kier molecular flexibility index (Phi) is 7.70. The molecule has 0 aliphatic rings. The number of hydrogen-bond acceptors (Lipinski definition) is 3. The molecule has 0 radical (unpaired) electrons. The second-order valence-electron chi connectivity index (χ2n) is 11.2. The average Bonchev–Trinajstić information content (AvgIpc) is 2.85. The Balaban J connectivity index is 1.79. The van der Waals surface area contributed by atoms with Gasteiger partial charge in [-0.05, 0) is 72.2 Å². The molecule has 0 saturated carbocycles. The van der Waals surface area contributed by atoms with Gasteiger partial charge >= 0.3 is 0 Å². The first kappa shape index (κ1) is 25.8. The molecule has 3 aromatic carbocycles. The van der Waals surface area contributed by atoms with Crippen LogP contribution in [-0.2, 0) is 6.54 Å². The van der Waals surface area contributed by atoms with Gasteiger partial charge in [0, 0.05) is 17.6 Å². The summed E-state index contributed by atoms with van der Waals surface area (Å²) in [5.41, 5.74) is 7.93. The third kappa shape index (κ3) is 5.91. The fourth-order valence-electron chi connectivity index (χ4n) is 4.58. The predicted molar refractivity (Wildman–Crippen MR) is 156 cm³/mol. The molecule has 3 heteroatoms. The number of benzene rings is 3. The van der Waals surface area contributed by atoms with Crippen molar-refractivity contribution in [2.45, 2.75) is 72.4 Å². The van der Waals surface area contributed by atoms with Gasteiger partial charge in [0.15, 0.2) is 0 Å². The molecule has 0 bridgehead atoms. The molecule has 0 fully saturated rings. The largest absolute Gasteiger partial charge is 0.308 e. The normalized spacial score (nSPS) is 12.4. The van der Waals surface area contributed by atoms with E-state index in [9.17, 15) is 0 Å². The highest BCUT2D eigenvalue weighted by Crippen LogP contribution is 2.35. The fourth-order valence-corrected chi connectivity index (χ4v) is 4.58. The molecule has 0 unspecified atom stereocenters. The predicted octanol–water partition coefficient (Wildman–Crippen LogP) is 8.79. The number of nitrogens with zero attached hydrogens (tertiary/aromatic N) is 2. The summed E-state index contributed by atoms with van der Waals surface area (Å²) in [4.78, 5) is 10.1. The molecule has 186 valence electrons. The van der Waals surface area contributed by atoms with Gasteiger partial charge in [0.1, 0.15) is 0 Å². The first-order valence-corrected chi connectivity index (χ1v) is 13.0. The Hall–Kier alpha value is -3.30. The van der Waals surface area contributed by atoms with Crippen molar-refractivity contribution in [1.82, 2.24) is 10.3 Å². The van der Waals surface area contributed by atoms with Crippen LogP contribution in [0, 0.1) is 0 Å². The summed E-state index contributed by atoms with van der Waals surface area (Å²) < 4.78 is 0. The summed E-state index contributed by atoms with van der Waals surface area (Å²) in [6.45, 7) is 16.3. The van der Waals surface area contributed by atoms with Gasteiger partial charge in [-0.2, -0.15) is 0 Å². The Morgan fingerprint density at radius 1 is 0.806 bits per heavy atom. The maximum atomic E-state index is 5.09. The van der Waals surface area contributed by atoms with Crippen LogP contribution in [0.25, 0.3) is 22.0 Å². The third-order valence-corrected chi connectivity index (χ3v) is 6.52. The van der Waals surface area contributed by atoms with Crippen LogP contribution in [0.5, 0.6) is 0 Å². The number of aliphatic imine (C=N–C) groups is 1. The highest BCUT2D eigenvalue weighted by molar-refractivity contribution is 5.98. The Morgan fingerprint density at radius 3 is 2.14 bits per heavy atom. The number of aromatic nitrogens is 1. The van der Waals surface area contributed by atoms with E-state index in [1.54, 1.807) is 0 Å². The van der Waals surface area contributed by atoms with Gasteiger partial charge in [-0.15, -0.1) is 0 Å². The van der Waals surface area contributed by atoms with Crippen LogP contribution < -0.4 is 5.32 Å². The van der Waals surface area contributed by atoms with Crippen molar-refractivity contribution in [2.75, 3.05) is 0 Å². The number of para-hydroxylation sites is 1. The van der Waals surface area contributed by atoms with Crippen LogP contribution in [0.2, 0.25) is 0 Å². The monoisotopic (exact) mass is 477 g/mol. The molecule has 0 atom stereocenters. The molecule has 0 aliphatic heterocycles. The van der Waals surface area contributed by atoms with E-state index in [2.05, 4.69) is 121 Å². The van der Waals surface area contributed by atoms with E-state index in [1.165, 1.54) is 33.0 Å². The van der Waals surface area contributed by atoms with E-state index in [-0.39, 0.29) is 5.54 Å². The van der Waals surface area contributed by atoms with Gasteiger partial charge < -0.3 is 5.32 Å². The van der Waals surface area contributed by atoms with Crippen molar-refractivity contribution in [3.63, 3.8) is 0 Å². The minimum atomic E-state index is 0.0305. The molecular weight excluding hydrogens is 438 g/mol. The van der Waals surface area contributed by atoms with Gasteiger partial charge in [-0.1, -0.05) is 88.4 Å². The van der Waals surface area contributed by atoms with Crippen LogP contribution >= 0.6 is 0 Å². The van der Waals surface area contributed by atoms with E-state index in [0.717, 1.165) is 23.6 Å². The molecule has 3 nitrogen and oxygen atoms in total. The van der Waals surface area contributed by atoms with Crippen LogP contribution in [0.1, 0.15) is 82.7 Å². The minimum absolute atomic E-state index is 0.0305. The standard InChI is InChI=1S/C33H39N3/c1-22(2)27-15-11-16-28(23(3)4)32(27)34-21-26-13-10-17-30(36-26)31-25(20-35-33(5,6)7)19-18-24-12-8-9-14-29(24)31/h8-19,21-23,35H,20H2,1-7H3. The molecule has 0 spiro atoms. The summed E-state index contributed by atoms with van der Waals surface area (Å²) in [5.74, 6) is 0.812. The maximum absolute atomic E-state index is 5.09. The summed E-state index contributed by atoms with van der Waals surface area (Å²) in [6.07, 6.45) is 1.93. The Bertz CT molecular complexity index is 1350. The zero-order chi connectivity index (χ0) is 25.9. The molecule has 1 aromatic heterocycles. The summed E-state index contributed by atoms with van der Waals surface area (Å²) in [6, 6.07) is 25.8. The molecule has 0 amide bonds. The fraction of sp³-hybridized carbons (Fsp3) is 0.333. The van der Waals surface area contributed by atoms with E-state index in [0.29, 0.717) is 11.8 Å². The molecule has 0 aliphatic carbocycles. The molecule has 1 heterocycles. The van der Waals surface area contributed by atoms with Gasteiger partial charge in [0.25, 0.3) is 0 Å². The molecule has 1 N–H and O–H groups in total. The summed E-state index contributed by atoms with van der Waals surface area (Å²) in [7, 11) is 0. The molecular formula is C33H39N3. The molecule has 4 aromatic rings. The lowest BCUT2D eigenvalue weighted by Gasteiger charge is -2.22. The third-order valence-electron chi connectivity index (χ3n) is 6.52. The lowest BCUT2D eigenvalue weighted by molar-refractivity contribution is 0.424. The van der Waals surface area contributed by atoms with E-state index in [1.807, 2.05) is 12.3 Å². The maximum Gasteiger partial charge on any atom is 0.0820 e. The van der Waals surface area contributed by atoms with Crippen molar-refractivity contribution in [1.29, 1.82) is 0 Å². The minimum Gasteiger partial charge on any atom is -0.308 e. The van der Waals surface area contributed by atoms with Crippen LogP contribution in [0.15, 0.2) is 77.8 Å². The number of pyridine rings is 1. The SMILES string of the molecule is CC(C)c1cccc(C(C)C)c1N=Cc1cccc(-c2c(CNC(C)(C)C)ccc3ccccc23)n1.